The molecule has 2 N–H and O–H groups in total. The first-order valence-corrected chi connectivity index (χ1v) is 6.69. The highest BCUT2D eigenvalue weighted by Crippen LogP contribution is 2.23. The molecule has 0 saturated carbocycles. The molecule has 1 saturated heterocycles. The van der Waals surface area contributed by atoms with Crippen molar-refractivity contribution >= 4 is 35.3 Å². The Labute approximate surface area is 112 Å². The summed E-state index contributed by atoms with van der Waals surface area (Å²) < 4.78 is 0. The molecule has 92 valence electrons. The highest BCUT2D eigenvalue weighted by Gasteiger charge is 2.18. The lowest BCUT2D eigenvalue weighted by Gasteiger charge is -2.30. The molecule has 1 aliphatic rings. The first-order chi connectivity index (χ1) is 7.28. The number of thiophene rings is 1. The van der Waals surface area contributed by atoms with Gasteiger partial charge in [0.25, 0.3) is 0 Å². The van der Waals surface area contributed by atoms with Crippen molar-refractivity contribution in [2.45, 2.75) is 19.4 Å². The van der Waals surface area contributed by atoms with E-state index in [-0.39, 0.29) is 12.4 Å². The molecule has 1 aromatic heterocycles. The molecule has 5 heteroatoms. The lowest BCUT2D eigenvalue weighted by molar-refractivity contribution is 0.182. The van der Waals surface area contributed by atoms with Crippen molar-refractivity contribution in [1.82, 2.24) is 4.90 Å². The summed E-state index contributed by atoms with van der Waals surface area (Å²) in [6, 6.07) is 2.07. The maximum atomic E-state index is 5.90. The first-order valence-electron chi connectivity index (χ1n) is 5.43. The number of nitrogens with zero attached hydrogens (tertiary/aromatic N) is 1. The molecule has 0 bridgehead atoms. The summed E-state index contributed by atoms with van der Waals surface area (Å²) in [6.07, 6.45) is 2.49. The fourth-order valence-electron chi connectivity index (χ4n) is 2.04. The molecule has 16 heavy (non-hydrogen) atoms. The Morgan fingerprint density at radius 3 is 2.62 bits per heavy atom. The molecule has 1 aliphatic heterocycles. The number of halogens is 2. The molecule has 2 rings (SSSR count). The van der Waals surface area contributed by atoms with Crippen molar-refractivity contribution in [3.05, 3.63) is 21.3 Å². The predicted octanol–water partition coefficient (Wildman–Crippen LogP) is 2.99. The minimum Gasteiger partial charge on any atom is -0.330 e. The summed E-state index contributed by atoms with van der Waals surface area (Å²) in [7, 11) is 0. The van der Waals surface area contributed by atoms with Gasteiger partial charge in [0.1, 0.15) is 0 Å². The molecular formula is C11H18Cl2N2S. The van der Waals surface area contributed by atoms with Crippen LogP contribution in [0.25, 0.3) is 0 Å². The van der Waals surface area contributed by atoms with Gasteiger partial charge in [0.05, 0.1) is 5.02 Å². The summed E-state index contributed by atoms with van der Waals surface area (Å²) in [4.78, 5) is 3.86. The van der Waals surface area contributed by atoms with E-state index in [1.807, 2.05) is 5.38 Å². The number of hydrogen-bond acceptors (Lipinski definition) is 3. The smallest absolute Gasteiger partial charge is 0.0516 e. The van der Waals surface area contributed by atoms with Crippen LogP contribution in [0.5, 0.6) is 0 Å². The Bertz CT molecular complexity index is 309. The van der Waals surface area contributed by atoms with Gasteiger partial charge >= 0.3 is 0 Å². The Morgan fingerprint density at radius 1 is 1.44 bits per heavy atom. The van der Waals surface area contributed by atoms with Crippen LogP contribution in [-0.4, -0.2) is 24.5 Å². The predicted molar refractivity (Wildman–Crippen MR) is 73.6 cm³/mol. The Morgan fingerprint density at radius 2 is 2.12 bits per heavy atom. The Hall–Kier alpha value is 0.200. The zero-order valence-corrected chi connectivity index (χ0v) is 11.6. The van der Waals surface area contributed by atoms with E-state index >= 15 is 0 Å². The molecule has 2 heterocycles. The Balaban J connectivity index is 0.00000128. The van der Waals surface area contributed by atoms with Gasteiger partial charge in [-0.1, -0.05) is 11.6 Å². The van der Waals surface area contributed by atoms with Gasteiger partial charge in [-0.05, 0) is 44.5 Å². The van der Waals surface area contributed by atoms with Crippen molar-refractivity contribution in [2.24, 2.45) is 11.7 Å². The second kappa shape index (κ2) is 6.82. The number of likely N-dealkylation sites (tertiary alicyclic amines) is 1. The van der Waals surface area contributed by atoms with E-state index in [0.717, 1.165) is 24.0 Å². The van der Waals surface area contributed by atoms with Gasteiger partial charge < -0.3 is 5.73 Å². The largest absolute Gasteiger partial charge is 0.330 e. The number of piperidine rings is 1. The van der Waals surface area contributed by atoms with Crippen LogP contribution in [0.2, 0.25) is 5.02 Å². The van der Waals surface area contributed by atoms with Crippen LogP contribution < -0.4 is 5.73 Å². The van der Waals surface area contributed by atoms with Crippen LogP contribution in [0.1, 0.15) is 17.7 Å². The van der Waals surface area contributed by atoms with Gasteiger partial charge in [0.15, 0.2) is 0 Å². The van der Waals surface area contributed by atoms with Gasteiger partial charge in [-0.3, -0.25) is 4.90 Å². The van der Waals surface area contributed by atoms with E-state index < -0.39 is 0 Å². The number of rotatable bonds is 3. The van der Waals surface area contributed by atoms with Crippen molar-refractivity contribution in [2.75, 3.05) is 19.6 Å². The van der Waals surface area contributed by atoms with E-state index in [0.29, 0.717) is 0 Å². The van der Waals surface area contributed by atoms with Gasteiger partial charge in [-0.15, -0.1) is 23.7 Å². The van der Waals surface area contributed by atoms with Crippen molar-refractivity contribution in [3.8, 4) is 0 Å². The van der Waals surface area contributed by atoms with Crippen LogP contribution in [0, 0.1) is 5.92 Å². The molecule has 0 atom stereocenters. The summed E-state index contributed by atoms with van der Waals surface area (Å²) in [5, 5.41) is 2.87. The van der Waals surface area contributed by atoms with Crippen LogP contribution in [-0.2, 0) is 6.54 Å². The highest BCUT2D eigenvalue weighted by molar-refractivity contribution is 7.10. The van der Waals surface area contributed by atoms with Crippen LogP contribution in [0.4, 0.5) is 0 Å². The molecule has 0 aliphatic carbocycles. The highest BCUT2D eigenvalue weighted by atomic mass is 35.5. The molecule has 0 unspecified atom stereocenters. The van der Waals surface area contributed by atoms with Crippen LogP contribution >= 0.6 is 35.3 Å². The molecule has 1 aromatic rings. The maximum absolute atomic E-state index is 5.90. The lowest BCUT2D eigenvalue weighted by Crippen LogP contribution is -2.35. The third-order valence-electron chi connectivity index (χ3n) is 3.04. The van der Waals surface area contributed by atoms with E-state index in [1.165, 1.54) is 30.8 Å². The quantitative estimate of drug-likeness (QED) is 0.923. The van der Waals surface area contributed by atoms with Gasteiger partial charge in [-0.25, -0.2) is 0 Å². The third kappa shape index (κ3) is 3.90. The SMILES string of the molecule is Cl.NCC1CCN(Cc2cc(Cl)cs2)CC1. The average molecular weight is 281 g/mol. The summed E-state index contributed by atoms with van der Waals surface area (Å²) in [5.74, 6) is 0.744. The second-order valence-corrected chi connectivity index (χ2v) is 5.62. The number of nitrogens with two attached hydrogens (primary N) is 1. The monoisotopic (exact) mass is 280 g/mol. The summed E-state index contributed by atoms with van der Waals surface area (Å²) in [5.41, 5.74) is 5.67. The molecule has 0 radical (unpaired) electrons. The van der Waals surface area contributed by atoms with Crippen molar-refractivity contribution in [1.29, 1.82) is 0 Å². The molecule has 0 spiro atoms. The zero-order valence-electron chi connectivity index (χ0n) is 9.19. The van der Waals surface area contributed by atoms with E-state index in [4.69, 9.17) is 17.3 Å². The Kier molecular flexibility index (Phi) is 6.08. The molecular weight excluding hydrogens is 263 g/mol. The number of hydrogen-bond donors (Lipinski definition) is 1. The van der Waals surface area contributed by atoms with Gasteiger partial charge in [-0.2, -0.15) is 0 Å². The fraction of sp³-hybridized carbons (Fsp3) is 0.636. The normalized spacial score (nSPS) is 18.4. The second-order valence-electron chi connectivity index (χ2n) is 4.19. The van der Waals surface area contributed by atoms with Crippen LogP contribution in [0.3, 0.4) is 0 Å². The van der Waals surface area contributed by atoms with Gasteiger partial charge in [0.2, 0.25) is 0 Å². The molecule has 0 aromatic carbocycles. The minimum absolute atomic E-state index is 0. The molecule has 0 amide bonds. The van der Waals surface area contributed by atoms with Gasteiger partial charge in [0, 0.05) is 16.8 Å². The average Bonchev–Trinajstić information content (AvgIpc) is 2.65. The van der Waals surface area contributed by atoms with E-state index in [2.05, 4.69) is 11.0 Å². The first kappa shape index (κ1) is 14.3. The van der Waals surface area contributed by atoms with E-state index in [1.54, 1.807) is 11.3 Å². The molecule has 1 fully saturated rings. The summed E-state index contributed by atoms with van der Waals surface area (Å²) in [6.45, 7) is 4.25. The minimum atomic E-state index is 0. The van der Waals surface area contributed by atoms with Crippen molar-refractivity contribution in [3.63, 3.8) is 0 Å². The standard InChI is InChI=1S/C11H17ClN2S.ClH/c12-10-5-11(15-8-10)7-14-3-1-9(6-13)2-4-14;/h5,8-9H,1-4,6-7,13H2;1H. The molecule has 2 nitrogen and oxygen atoms in total. The topological polar surface area (TPSA) is 29.3 Å². The lowest BCUT2D eigenvalue weighted by atomic mass is 9.97. The van der Waals surface area contributed by atoms with Crippen molar-refractivity contribution < 1.29 is 0 Å². The fourth-order valence-corrected chi connectivity index (χ4v) is 3.15. The van der Waals surface area contributed by atoms with E-state index in [9.17, 15) is 0 Å². The summed E-state index contributed by atoms with van der Waals surface area (Å²) >= 11 is 7.65. The third-order valence-corrected chi connectivity index (χ3v) is 4.31. The zero-order chi connectivity index (χ0) is 10.7. The van der Waals surface area contributed by atoms with Crippen LogP contribution in [0.15, 0.2) is 11.4 Å². The maximum Gasteiger partial charge on any atom is 0.0516 e.